The molecule has 0 amide bonds. The van der Waals surface area contributed by atoms with E-state index in [0.717, 1.165) is 31.2 Å². The number of rotatable bonds is 4. The Morgan fingerprint density at radius 1 is 1.30 bits per heavy atom. The molecule has 0 bridgehead atoms. The molecule has 6 heteroatoms. The molecule has 20 heavy (non-hydrogen) atoms. The minimum atomic E-state index is -0.0546. The van der Waals surface area contributed by atoms with Crippen LogP contribution in [-0.4, -0.2) is 51.0 Å². The van der Waals surface area contributed by atoms with Crippen molar-refractivity contribution in [2.45, 2.75) is 13.8 Å². The van der Waals surface area contributed by atoms with Crippen LogP contribution in [0.4, 0.5) is 10.7 Å². The van der Waals surface area contributed by atoms with E-state index in [-0.39, 0.29) is 11.7 Å². The van der Waals surface area contributed by atoms with Gasteiger partial charge >= 0.3 is 0 Å². The molecule has 0 unspecified atom stereocenters. The molecule has 1 aromatic rings. The predicted molar refractivity (Wildman–Crippen MR) is 84.2 cm³/mol. The fourth-order valence-corrected chi connectivity index (χ4v) is 3.61. The lowest BCUT2D eigenvalue weighted by molar-refractivity contribution is 0.0944. The Balaban J connectivity index is 2.33. The Hall–Kier alpha value is -1.27. The summed E-state index contributed by atoms with van der Waals surface area (Å²) in [5, 5.41) is 0.988. The van der Waals surface area contributed by atoms with Gasteiger partial charge in [-0.15, -0.1) is 11.3 Å². The zero-order chi connectivity index (χ0) is 14.9. The minimum absolute atomic E-state index is 0.0546. The lowest BCUT2D eigenvalue weighted by atomic mass is 10.1. The highest BCUT2D eigenvalue weighted by molar-refractivity contribution is 7.19. The van der Waals surface area contributed by atoms with E-state index >= 15 is 0 Å². The van der Waals surface area contributed by atoms with Gasteiger partial charge < -0.3 is 20.3 Å². The summed E-state index contributed by atoms with van der Waals surface area (Å²) in [6.45, 7) is 7.67. The van der Waals surface area contributed by atoms with Gasteiger partial charge in [-0.2, -0.15) is 0 Å². The lowest BCUT2D eigenvalue weighted by Crippen LogP contribution is -2.44. The number of nitrogen functional groups attached to an aromatic ring is 1. The highest BCUT2D eigenvalue weighted by Gasteiger charge is 2.27. The smallest absolute Gasteiger partial charge is 0.177 e. The van der Waals surface area contributed by atoms with Crippen LogP contribution in [0.15, 0.2) is 0 Å². The van der Waals surface area contributed by atoms with Gasteiger partial charge in [0.15, 0.2) is 11.5 Å². The molecule has 0 saturated carbocycles. The highest BCUT2D eigenvalue weighted by Crippen LogP contribution is 2.45. The SMILES string of the molecule is COc1c(N2CCN(C)CC2)sc(C(=O)C(C)C)c1N. The molecule has 1 aliphatic heterocycles. The van der Waals surface area contributed by atoms with Crippen LogP contribution in [-0.2, 0) is 0 Å². The number of thiophene rings is 1. The van der Waals surface area contributed by atoms with Crippen LogP contribution in [0.1, 0.15) is 23.5 Å². The maximum atomic E-state index is 12.2. The van der Waals surface area contributed by atoms with Crippen molar-refractivity contribution in [2.24, 2.45) is 5.92 Å². The molecular formula is C14H23N3O2S. The minimum Gasteiger partial charge on any atom is -0.492 e. The maximum Gasteiger partial charge on any atom is 0.177 e. The van der Waals surface area contributed by atoms with E-state index in [9.17, 15) is 4.79 Å². The number of hydrogen-bond acceptors (Lipinski definition) is 6. The van der Waals surface area contributed by atoms with E-state index in [4.69, 9.17) is 10.5 Å². The Labute approximate surface area is 124 Å². The van der Waals surface area contributed by atoms with Crippen LogP contribution in [0.2, 0.25) is 0 Å². The molecular weight excluding hydrogens is 274 g/mol. The van der Waals surface area contributed by atoms with Crippen molar-refractivity contribution < 1.29 is 9.53 Å². The van der Waals surface area contributed by atoms with Gasteiger partial charge in [-0.3, -0.25) is 4.79 Å². The van der Waals surface area contributed by atoms with E-state index < -0.39 is 0 Å². The van der Waals surface area contributed by atoms with E-state index in [1.165, 1.54) is 11.3 Å². The Bertz CT molecular complexity index is 491. The molecule has 2 N–H and O–H groups in total. The summed E-state index contributed by atoms with van der Waals surface area (Å²) in [7, 11) is 3.73. The molecule has 0 spiro atoms. The number of likely N-dealkylation sites (N-methyl/N-ethyl adjacent to an activating group) is 1. The third-order valence-corrected chi connectivity index (χ3v) is 4.89. The number of Topliss-reactive ketones (excluding diaryl/α,β-unsaturated/α-hetero) is 1. The normalized spacial score (nSPS) is 16.8. The van der Waals surface area contributed by atoms with E-state index in [2.05, 4.69) is 16.8 Å². The third-order valence-electron chi connectivity index (χ3n) is 3.63. The second-order valence-corrected chi connectivity index (χ2v) is 6.49. The average Bonchev–Trinajstić information content (AvgIpc) is 2.75. The van der Waals surface area contributed by atoms with E-state index in [1.54, 1.807) is 7.11 Å². The Kier molecular flexibility index (Phi) is 4.55. The molecule has 2 rings (SSSR count). The van der Waals surface area contributed by atoms with Gasteiger partial charge in [-0.05, 0) is 7.05 Å². The largest absolute Gasteiger partial charge is 0.492 e. The van der Waals surface area contributed by atoms with Crippen LogP contribution in [0, 0.1) is 5.92 Å². The highest BCUT2D eigenvalue weighted by atomic mass is 32.1. The monoisotopic (exact) mass is 297 g/mol. The van der Waals surface area contributed by atoms with Crippen molar-refractivity contribution >= 4 is 27.8 Å². The number of anilines is 2. The number of nitrogens with zero attached hydrogens (tertiary/aromatic N) is 2. The predicted octanol–water partition coefficient (Wildman–Crippen LogP) is 1.93. The number of hydrogen-bond donors (Lipinski definition) is 1. The quantitative estimate of drug-likeness (QED) is 0.861. The van der Waals surface area contributed by atoms with Crippen molar-refractivity contribution in [3.63, 3.8) is 0 Å². The number of piperazine rings is 1. The van der Waals surface area contributed by atoms with Crippen LogP contribution in [0.25, 0.3) is 0 Å². The van der Waals surface area contributed by atoms with Crippen LogP contribution in [0.3, 0.4) is 0 Å². The van der Waals surface area contributed by atoms with Crippen LogP contribution in [0.5, 0.6) is 5.75 Å². The fraction of sp³-hybridized carbons (Fsp3) is 0.643. The summed E-state index contributed by atoms with van der Waals surface area (Å²) in [5.74, 6) is 0.690. The summed E-state index contributed by atoms with van der Waals surface area (Å²) in [6.07, 6.45) is 0. The van der Waals surface area contributed by atoms with Gasteiger partial charge in [-0.25, -0.2) is 0 Å². The van der Waals surface area contributed by atoms with Gasteiger partial charge in [-0.1, -0.05) is 13.8 Å². The molecule has 0 atom stereocenters. The topological polar surface area (TPSA) is 58.8 Å². The Morgan fingerprint density at radius 3 is 2.40 bits per heavy atom. The number of nitrogens with two attached hydrogens (primary N) is 1. The van der Waals surface area contributed by atoms with Crippen molar-refractivity contribution in [2.75, 3.05) is 51.0 Å². The second kappa shape index (κ2) is 6.01. The lowest BCUT2D eigenvalue weighted by Gasteiger charge is -2.33. The first-order chi connectivity index (χ1) is 9.45. The number of ether oxygens (including phenoxy) is 1. The first-order valence-corrected chi connectivity index (χ1v) is 7.71. The molecule has 0 aliphatic carbocycles. The summed E-state index contributed by atoms with van der Waals surface area (Å²) in [4.78, 5) is 17.4. The molecule has 2 heterocycles. The van der Waals surface area contributed by atoms with Crippen molar-refractivity contribution in [3.05, 3.63) is 4.88 Å². The van der Waals surface area contributed by atoms with Gasteiger partial charge in [0, 0.05) is 32.1 Å². The van der Waals surface area contributed by atoms with Crippen LogP contribution >= 0.6 is 11.3 Å². The maximum absolute atomic E-state index is 12.2. The third kappa shape index (κ3) is 2.76. The standard InChI is InChI=1S/C14H23N3O2S/c1-9(2)11(18)13-10(15)12(19-4)14(20-13)17-7-5-16(3)6-8-17/h9H,5-8,15H2,1-4H3. The first kappa shape index (κ1) is 15.1. The molecule has 1 aromatic heterocycles. The molecule has 0 radical (unpaired) electrons. The molecule has 1 aliphatic rings. The first-order valence-electron chi connectivity index (χ1n) is 6.89. The van der Waals surface area contributed by atoms with Crippen molar-refractivity contribution in [3.8, 4) is 5.75 Å². The van der Waals surface area contributed by atoms with Crippen molar-refractivity contribution in [1.82, 2.24) is 4.90 Å². The Morgan fingerprint density at radius 2 is 1.90 bits per heavy atom. The van der Waals surface area contributed by atoms with E-state index in [1.807, 2.05) is 13.8 Å². The second-order valence-electron chi connectivity index (χ2n) is 5.49. The zero-order valence-electron chi connectivity index (χ0n) is 12.6. The zero-order valence-corrected chi connectivity index (χ0v) is 13.4. The van der Waals surface area contributed by atoms with Gasteiger partial charge in [0.2, 0.25) is 0 Å². The van der Waals surface area contributed by atoms with Gasteiger partial charge in [0.05, 0.1) is 17.7 Å². The molecule has 1 saturated heterocycles. The number of carbonyl (C=O) groups excluding carboxylic acids is 1. The number of carbonyl (C=O) groups is 1. The number of ketones is 1. The molecule has 112 valence electrons. The van der Waals surface area contributed by atoms with E-state index in [0.29, 0.717) is 16.3 Å². The fourth-order valence-electron chi connectivity index (χ4n) is 2.28. The van der Waals surface area contributed by atoms with Gasteiger partial charge in [0.25, 0.3) is 0 Å². The molecule has 5 nitrogen and oxygen atoms in total. The summed E-state index contributed by atoms with van der Waals surface area (Å²) < 4.78 is 5.44. The molecule has 1 fully saturated rings. The summed E-state index contributed by atoms with van der Waals surface area (Å²) in [6, 6.07) is 0. The summed E-state index contributed by atoms with van der Waals surface area (Å²) in [5.41, 5.74) is 6.61. The summed E-state index contributed by atoms with van der Waals surface area (Å²) >= 11 is 1.46. The van der Waals surface area contributed by atoms with Gasteiger partial charge in [0.1, 0.15) is 5.00 Å². The number of methoxy groups -OCH3 is 1. The van der Waals surface area contributed by atoms with Crippen LogP contribution < -0.4 is 15.4 Å². The average molecular weight is 297 g/mol. The van der Waals surface area contributed by atoms with Crippen molar-refractivity contribution in [1.29, 1.82) is 0 Å². The molecule has 0 aromatic carbocycles.